The van der Waals surface area contributed by atoms with Crippen LogP contribution in [-0.4, -0.2) is 9.97 Å². The van der Waals surface area contributed by atoms with Crippen LogP contribution in [0.15, 0.2) is 67.0 Å². The summed E-state index contributed by atoms with van der Waals surface area (Å²) in [6.45, 7) is 0. The molecule has 0 saturated carbocycles. The van der Waals surface area contributed by atoms with Crippen molar-refractivity contribution in [2.45, 2.75) is 0 Å². The first-order valence-electron chi connectivity index (χ1n) is 7.93. The summed E-state index contributed by atoms with van der Waals surface area (Å²) in [7, 11) is 0. The van der Waals surface area contributed by atoms with Gasteiger partial charge < -0.3 is 11.1 Å². The van der Waals surface area contributed by atoms with E-state index in [0.717, 1.165) is 16.6 Å². The first-order chi connectivity index (χ1) is 12.6. The molecule has 0 bridgehead atoms. The summed E-state index contributed by atoms with van der Waals surface area (Å²) in [4.78, 5) is 8.58. The van der Waals surface area contributed by atoms with Crippen molar-refractivity contribution in [3.05, 3.63) is 77.8 Å². The van der Waals surface area contributed by atoms with Crippen LogP contribution in [0.4, 0.5) is 21.5 Å². The number of fused-ring (bicyclic) bond motifs is 1. The molecule has 0 unspecified atom stereocenters. The second kappa shape index (κ2) is 6.61. The van der Waals surface area contributed by atoms with E-state index in [4.69, 9.17) is 17.3 Å². The minimum atomic E-state index is -0.383. The molecule has 0 radical (unpaired) electrons. The number of nitrogens with two attached hydrogens (primary N) is 1. The van der Waals surface area contributed by atoms with E-state index in [-0.39, 0.29) is 5.82 Å². The first-order valence-corrected chi connectivity index (χ1v) is 8.31. The van der Waals surface area contributed by atoms with Crippen molar-refractivity contribution in [1.29, 1.82) is 0 Å². The zero-order valence-corrected chi connectivity index (χ0v) is 14.3. The van der Waals surface area contributed by atoms with Gasteiger partial charge in [-0.2, -0.15) is 0 Å². The molecule has 0 atom stereocenters. The summed E-state index contributed by atoms with van der Waals surface area (Å²) in [5, 5.41) is 4.65. The molecule has 3 N–H and O–H groups in total. The van der Waals surface area contributed by atoms with Gasteiger partial charge in [0.15, 0.2) is 0 Å². The lowest BCUT2D eigenvalue weighted by atomic mass is 10.1. The monoisotopic (exact) mass is 364 g/mol. The molecule has 0 saturated heterocycles. The van der Waals surface area contributed by atoms with E-state index < -0.39 is 0 Å². The maximum atomic E-state index is 14.3. The van der Waals surface area contributed by atoms with Gasteiger partial charge in [-0.05, 0) is 36.4 Å². The molecular formula is C20H14ClFN4. The minimum absolute atomic E-state index is 0.342. The maximum Gasteiger partial charge on any atom is 0.132 e. The van der Waals surface area contributed by atoms with Crippen molar-refractivity contribution in [2.24, 2.45) is 0 Å². The molecular weight excluding hydrogens is 351 g/mol. The number of hydrogen-bond acceptors (Lipinski definition) is 4. The molecule has 0 spiro atoms. The number of benzene rings is 2. The Morgan fingerprint density at radius 1 is 1.00 bits per heavy atom. The number of aromatic nitrogens is 2. The normalized spacial score (nSPS) is 10.8. The van der Waals surface area contributed by atoms with Gasteiger partial charge in [-0.1, -0.05) is 29.8 Å². The SMILES string of the molecule is Nc1cnccc1Nc1cc(-c2cc(Cl)ccc2F)nc2ccccc12. The van der Waals surface area contributed by atoms with E-state index in [9.17, 15) is 4.39 Å². The summed E-state index contributed by atoms with van der Waals surface area (Å²) >= 11 is 6.04. The van der Waals surface area contributed by atoms with Crippen molar-refractivity contribution in [2.75, 3.05) is 11.1 Å². The van der Waals surface area contributed by atoms with Gasteiger partial charge in [-0.15, -0.1) is 0 Å². The zero-order valence-electron chi connectivity index (χ0n) is 13.6. The van der Waals surface area contributed by atoms with Crippen LogP contribution in [0.25, 0.3) is 22.2 Å². The lowest BCUT2D eigenvalue weighted by Gasteiger charge is -2.14. The van der Waals surface area contributed by atoms with Crippen LogP contribution in [0.1, 0.15) is 0 Å². The van der Waals surface area contributed by atoms with Gasteiger partial charge >= 0.3 is 0 Å². The Kier molecular flexibility index (Phi) is 4.14. The lowest BCUT2D eigenvalue weighted by Crippen LogP contribution is -1.99. The fraction of sp³-hybridized carbons (Fsp3) is 0. The molecule has 4 aromatic rings. The number of rotatable bonds is 3. The predicted molar refractivity (Wildman–Crippen MR) is 104 cm³/mol. The average Bonchev–Trinajstić information content (AvgIpc) is 2.65. The molecule has 128 valence electrons. The Morgan fingerprint density at radius 2 is 1.85 bits per heavy atom. The van der Waals surface area contributed by atoms with E-state index in [1.807, 2.05) is 24.3 Å². The summed E-state index contributed by atoms with van der Waals surface area (Å²) in [5.74, 6) is -0.383. The van der Waals surface area contributed by atoms with Crippen molar-refractivity contribution in [1.82, 2.24) is 9.97 Å². The van der Waals surface area contributed by atoms with Gasteiger partial charge in [0.25, 0.3) is 0 Å². The van der Waals surface area contributed by atoms with Crippen LogP contribution in [0, 0.1) is 5.82 Å². The molecule has 0 aliphatic carbocycles. The third kappa shape index (κ3) is 3.05. The molecule has 0 aliphatic rings. The third-order valence-electron chi connectivity index (χ3n) is 4.04. The second-order valence-electron chi connectivity index (χ2n) is 5.78. The Bertz CT molecular complexity index is 1110. The number of anilines is 3. The zero-order chi connectivity index (χ0) is 18.1. The fourth-order valence-corrected chi connectivity index (χ4v) is 2.95. The minimum Gasteiger partial charge on any atom is -0.396 e. The Balaban J connectivity index is 1.91. The van der Waals surface area contributed by atoms with Gasteiger partial charge in [-0.25, -0.2) is 9.37 Å². The van der Waals surface area contributed by atoms with Crippen molar-refractivity contribution < 1.29 is 4.39 Å². The van der Waals surface area contributed by atoms with Crippen LogP contribution in [0.2, 0.25) is 5.02 Å². The quantitative estimate of drug-likeness (QED) is 0.509. The highest BCUT2D eigenvalue weighted by Gasteiger charge is 2.12. The standard InChI is InChI=1S/C20H14ClFN4/c21-12-5-6-15(22)14(9-12)20-10-19(13-3-1-2-4-17(13)25-20)26-18-7-8-24-11-16(18)23/h1-11H,23H2,(H,24,25,26). The largest absolute Gasteiger partial charge is 0.396 e. The van der Waals surface area contributed by atoms with Gasteiger partial charge in [0.05, 0.1) is 34.5 Å². The fourth-order valence-electron chi connectivity index (χ4n) is 2.78. The number of hydrogen-bond donors (Lipinski definition) is 2. The molecule has 2 aromatic carbocycles. The second-order valence-corrected chi connectivity index (χ2v) is 6.22. The number of nitrogen functional groups attached to an aromatic ring is 1. The van der Waals surface area contributed by atoms with E-state index in [2.05, 4.69) is 15.3 Å². The highest BCUT2D eigenvalue weighted by Crippen LogP contribution is 2.33. The topological polar surface area (TPSA) is 63.8 Å². The average molecular weight is 365 g/mol. The summed E-state index contributed by atoms with van der Waals surface area (Å²) in [6, 6.07) is 15.6. The Labute approximate surface area is 154 Å². The number of para-hydroxylation sites is 1. The molecule has 0 aliphatic heterocycles. The maximum absolute atomic E-state index is 14.3. The summed E-state index contributed by atoms with van der Waals surface area (Å²) in [5.41, 5.74) is 9.55. The highest BCUT2D eigenvalue weighted by molar-refractivity contribution is 6.30. The molecule has 4 rings (SSSR count). The van der Waals surface area contributed by atoms with Gasteiger partial charge in [-0.3, -0.25) is 4.98 Å². The van der Waals surface area contributed by atoms with Crippen molar-refractivity contribution >= 4 is 39.6 Å². The molecule has 6 heteroatoms. The van der Waals surface area contributed by atoms with E-state index >= 15 is 0 Å². The molecule has 2 heterocycles. The van der Waals surface area contributed by atoms with E-state index in [1.54, 1.807) is 30.6 Å². The molecule has 26 heavy (non-hydrogen) atoms. The molecule has 2 aromatic heterocycles. The summed E-state index contributed by atoms with van der Waals surface area (Å²) in [6.07, 6.45) is 3.23. The van der Waals surface area contributed by atoms with Crippen molar-refractivity contribution in [3.63, 3.8) is 0 Å². The Morgan fingerprint density at radius 3 is 2.69 bits per heavy atom. The third-order valence-corrected chi connectivity index (χ3v) is 4.28. The van der Waals surface area contributed by atoms with Gasteiger partial charge in [0, 0.05) is 22.2 Å². The van der Waals surface area contributed by atoms with Crippen LogP contribution in [-0.2, 0) is 0 Å². The lowest BCUT2D eigenvalue weighted by molar-refractivity contribution is 0.631. The van der Waals surface area contributed by atoms with Crippen LogP contribution in [0.5, 0.6) is 0 Å². The smallest absolute Gasteiger partial charge is 0.132 e. The van der Waals surface area contributed by atoms with E-state index in [0.29, 0.717) is 27.7 Å². The number of nitrogens with one attached hydrogen (secondary N) is 1. The van der Waals surface area contributed by atoms with E-state index in [1.165, 1.54) is 12.1 Å². The van der Waals surface area contributed by atoms with Gasteiger partial charge in [0.2, 0.25) is 0 Å². The molecule has 0 fully saturated rings. The predicted octanol–water partition coefficient (Wildman–Crippen LogP) is 5.42. The van der Waals surface area contributed by atoms with Gasteiger partial charge in [0.1, 0.15) is 5.82 Å². The number of nitrogens with zero attached hydrogens (tertiary/aromatic N) is 2. The number of pyridine rings is 2. The van der Waals surface area contributed by atoms with Crippen LogP contribution < -0.4 is 11.1 Å². The van der Waals surface area contributed by atoms with Crippen LogP contribution in [0.3, 0.4) is 0 Å². The molecule has 4 nitrogen and oxygen atoms in total. The molecule has 0 amide bonds. The highest BCUT2D eigenvalue weighted by atomic mass is 35.5. The summed E-state index contributed by atoms with van der Waals surface area (Å²) < 4.78 is 14.3. The Hall–Kier alpha value is -3.18. The van der Waals surface area contributed by atoms with Crippen molar-refractivity contribution in [3.8, 4) is 11.3 Å². The van der Waals surface area contributed by atoms with Crippen LogP contribution >= 0.6 is 11.6 Å². The number of halogens is 2. The first kappa shape index (κ1) is 16.3.